The summed E-state index contributed by atoms with van der Waals surface area (Å²) < 4.78 is 4.22. The molecule has 0 heterocycles. The first kappa shape index (κ1) is 31.6. The number of esters is 1. The largest absolute Gasteiger partial charge is 0.466 e. The molecule has 0 aliphatic heterocycles. The normalized spacial score (nSPS) is 9.37. The van der Waals surface area contributed by atoms with Crippen LogP contribution in [-0.4, -0.2) is 41.9 Å². The summed E-state index contributed by atoms with van der Waals surface area (Å²) in [4.78, 5) is 52.4. The lowest BCUT2D eigenvalue weighted by Crippen LogP contribution is -2.47. The highest BCUT2D eigenvalue weighted by atomic mass is 16.5. The van der Waals surface area contributed by atoms with E-state index in [1.54, 1.807) is 20.8 Å². The van der Waals surface area contributed by atoms with Gasteiger partial charge < -0.3 is 10.1 Å². The summed E-state index contributed by atoms with van der Waals surface area (Å²) >= 11 is 0. The molecule has 0 atom stereocenters. The van der Waals surface area contributed by atoms with Crippen LogP contribution in [0.4, 0.5) is 0 Å². The fourth-order valence-electron chi connectivity index (χ4n) is 1.45. The van der Waals surface area contributed by atoms with Crippen LogP contribution in [0.25, 0.3) is 0 Å². The minimum atomic E-state index is -0.716. The molecule has 30 heavy (non-hydrogen) atoms. The Morgan fingerprint density at radius 3 is 1.57 bits per heavy atom. The van der Waals surface area contributed by atoms with Crippen molar-refractivity contribution in [3.8, 4) is 0 Å². The zero-order valence-electron chi connectivity index (χ0n) is 19.5. The summed E-state index contributed by atoms with van der Waals surface area (Å²) in [6, 6.07) is 9.23. The number of allylic oxidation sites excluding steroid dienone is 1. The van der Waals surface area contributed by atoms with Gasteiger partial charge in [-0.25, -0.2) is 4.79 Å². The molecule has 1 aromatic rings. The zero-order chi connectivity index (χ0) is 24.3. The van der Waals surface area contributed by atoms with Gasteiger partial charge in [-0.15, -0.1) is 0 Å². The lowest BCUT2D eigenvalue weighted by Gasteiger charge is -2.21. The number of hydrogen-bond acceptors (Lipinski definition) is 6. The molecule has 7 heteroatoms. The van der Waals surface area contributed by atoms with Crippen molar-refractivity contribution in [2.75, 3.05) is 7.11 Å². The number of ether oxygens (including phenoxy) is 1. The smallest absolute Gasteiger partial charge is 0.330 e. The molecule has 1 amide bonds. The van der Waals surface area contributed by atoms with Crippen molar-refractivity contribution in [2.24, 2.45) is 0 Å². The number of ketones is 3. The fourth-order valence-corrected chi connectivity index (χ4v) is 1.45. The molecule has 168 valence electrons. The van der Waals surface area contributed by atoms with Crippen molar-refractivity contribution in [3.63, 3.8) is 0 Å². The van der Waals surface area contributed by atoms with Crippen molar-refractivity contribution in [3.05, 3.63) is 48.0 Å². The van der Waals surface area contributed by atoms with Crippen molar-refractivity contribution in [2.45, 2.75) is 60.9 Å². The Morgan fingerprint density at radius 2 is 1.33 bits per heavy atom. The number of Topliss-reactive ketones (excluding diaryl/α,β-unsaturated/α-hetero) is 2. The van der Waals surface area contributed by atoms with Crippen molar-refractivity contribution < 1.29 is 28.7 Å². The van der Waals surface area contributed by atoms with E-state index in [-0.39, 0.29) is 23.3 Å². The topological polar surface area (TPSA) is 107 Å². The van der Waals surface area contributed by atoms with Gasteiger partial charge in [-0.3, -0.25) is 19.2 Å². The Labute approximate surface area is 179 Å². The number of carbonyl (C=O) groups is 5. The first-order valence-corrected chi connectivity index (χ1v) is 9.45. The van der Waals surface area contributed by atoms with Crippen LogP contribution in [0.2, 0.25) is 0 Å². The van der Waals surface area contributed by atoms with Gasteiger partial charge in [0.15, 0.2) is 17.3 Å². The van der Waals surface area contributed by atoms with Crippen LogP contribution in [0.5, 0.6) is 0 Å². The Morgan fingerprint density at radius 1 is 0.867 bits per heavy atom. The SMILES string of the molecule is CC.CC(=O)NC(C)(C)C(C)=O.CC(=O)c1ccccc1.COC(=O)/C=C\C(C)=O. The van der Waals surface area contributed by atoms with E-state index in [0.717, 1.165) is 17.7 Å². The number of benzene rings is 1. The number of amides is 1. The van der Waals surface area contributed by atoms with E-state index in [4.69, 9.17) is 0 Å². The maximum absolute atomic E-state index is 10.8. The summed E-state index contributed by atoms with van der Waals surface area (Å²) in [7, 11) is 1.26. The number of carbonyl (C=O) groups excluding carboxylic acids is 5. The van der Waals surface area contributed by atoms with Crippen LogP contribution in [0.3, 0.4) is 0 Å². The molecule has 0 aliphatic carbocycles. The van der Waals surface area contributed by atoms with Gasteiger partial charge in [0, 0.05) is 18.6 Å². The van der Waals surface area contributed by atoms with E-state index < -0.39 is 11.5 Å². The number of rotatable bonds is 5. The Kier molecular flexibility index (Phi) is 18.9. The molecular weight excluding hydrogens is 386 g/mol. The molecule has 0 saturated carbocycles. The quantitative estimate of drug-likeness (QED) is 0.441. The minimum Gasteiger partial charge on any atom is -0.466 e. The molecule has 1 N–H and O–H groups in total. The molecule has 0 radical (unpaired) electrons. The molecule has 0 saturated heterocycles. The van der Waals surface area contributed by atoms with E-state index in [1.807, 2.05) is 44.2 Å². The molecule has 0 unspecified atom stereocenters. The predicted octanol–water partition coefficient (Wildman–Crippen LogP) is 3.71. The molecule has 0 fully saturated rings. The average molecular weight is 422 g/mol. The predicted molar refractivity (Wildman–Crippen MR) is 118 cm³/mol. The van der Waals surface area contributed by atoms with Gasteiger partial charge in [-0.05, 0) is 40.7 Å². The van der Waals surface area contributed by atoms with Crippen molar-refractivity contribution in [1.29, 1.82) is 0 Å². The highest BCUT2D eigenvalue weighted by molar-refractivity contribution is 5.94. The van der Waals surface area contributed by atoms with E-state index in [0.29, 0.717) is 0 Å². The summed E-state index contributed by atoms with van der Waals surface area (Å²) in [5.41, 5.74) is 0.0590. The average Bonchev–Trinajstić information content (AvgIpc) is 2.68. The van der Waals surface area contributed by atoms with Crippen LogP contribution < -0.4 is 5.32 Å². The zero-order valence-corrected chi connectivity index (χ0v) is 19.5. The van der Waals surface area contributed by atoms with Gasteiger partial charge in [0.2, 0.25) is 5.91 Å². The van der Waals surface area contributed by atoms with Gasteiger partial charge in [0.1, 0.15) is 0 Å². The Hall–Kier alpha value is -3.09. The third kappa shape index (κ3) is 19.7. The highest BCUT2D eigenvalue weighted by Gasteiger charge is 2.23. The van der Waals surface area contributed by atoms with E-state index in [1.165, 1.54) is 27.9 Å². The second kappa shape index (κ2) is 18.0. The molecule has 1 rings (SSSR count). The monoisotopic (exact) mass is 421 g/mol. The molecule has 7 nitrogen and oxygen atoms in total. The number of nitrogens with one attached hydrogen (secondary N) is 1. The van der Waals surface area contributed by atoms with Crippen molar-refractivity contribution in [1.82, 2.24) is 5.32 Å². The Bertz CT molecular complexity index is 706. The Balaban J connectivity index is -0.000000350. The lowest BCUT2D eigenvalue weighted by atomic mass is 10.0. The molecular formula is C23H35NO6. The summed E-state index contributed by atoms with van der Waals surface area (Å²) in [5, 5.41) is 2.53. The van der Waals surface area contributed by atoms with Crippen LogP contribution in [-0.2, 0) is 23.9 Å². The lowest BCUT2D eigenvalue weighted by molar-refractivity contribution is -0.135. The van der Waals surface area contributed by atoms with Gasteiger partial charge >= 0.3 is 5.97 Å². The second-order valence-corrected chi connectivity index (χ2v) is 6.25. The van der Waals surface area contributed by atoms with E-state index in [2.05, 4.69) is 10.1 Å². The standard InChI is InChI=1S/C8H8O.C7H13NO2.C6H8O3.C2H6/c1-7(9)8-5-3-2-4-6-8;1-5(9)7(3,4)8-6(2)10;1-5(7)3-4-6(8)9-2;1-2/h2-6H,1H3;1-4H3,(H,8,10);3-4H,1-2H3;1-2H3/b;;4-3-;. The van der Waals surface area contributed by atoms with Gasteiger partial charge in [0.25, 0.3) is 0 Å². The summed E-state index contributed by atoms with van der Waals surface area (Å²) in [6.07, 6.45) is 2.24. The van der Waals surface area contributed by atoms with Gasteiger partial charge in [-0.1, -0.05) is 44.2 Å². The summed E-state index contributed by atoms with van der Waals surface area (Å²) in [6.45, 7) is 13.1. The molecule has 0 bridgehead atoms. The van der Waals surface area contributed by atoms with Crippen LogP contribution in [0.1, 0.15) is 65.7 Å². The molecule has 0 aromatic heterocycles. The summed E-state index contributed by atoms with van der Waals surface area (Å²) in [5.74, 6) is -0.774. The first-order valence-electron chi connectivity index (χ1n) is 9.45. The minimum absolute atomic E-state index is 0.0392. The van der Waals surface area contributed by atoms with E-state index >= 15 is 0 Å². The second-order valence-electron chi connectivity index (χ2n) is 6.25. The van der Waals surface area contributed by atoms with Gasteiger partial charge in [0.05, 0.1) is 12.6 Å². The third-order valence-corrected chi connectivity index (χ3v) is 3.20. The van der Waals surface area contributed by atoms with Crippen LogP contribution >= 0.6 is 0 Å². The van der Waals surface area contributed by atoms with Crippen LogP contribution in [0, 0.1) is 0 Å². The third-order valence-electron chi connectivity index (χ3n) is 3.20. The number of methoxy groups -OCH3 is 1. The highest BCUT2D eigenvalue weighted by Crippen LogP contribution is 2.02. The molecule has 0 spiro atoms. The van der Waals surface area contributed by atoms with Crippen molar-refractivity contribution >= 4 is 29.2 Å². The molecule has 0 aliphatic rings. The van der Waals surface area contributed by atoms with Gasteiger partial charge in [-0.2, -0.15) is 0 Å². The number of hydrogen-bond donors (Lipinski definition) is 1. The maximum Gasteiger partial charge on any atom is 0.330 e. The first-order chi connectivity index (χ1) is 13.8. The molecule has 1 aromatic carbocycles. The fraction of sp³-hybridized carbons (Fsp3) is 0.435. The van der Waals surface area contributed by atoms with E-state index in [9.17, 15) is 24.0 Å². The maximum atomic E-state index is 10.8. The van der Waals surface area contributed by atoms with Crippen LogP contribution in [0.15, 0.2) is 42.5 Å².